The average molecular weight is 365 g/mol. The van der Waals surface area contributed by atoms with Crippen LogP contribution < -0.4 is 11.5 Å². The molecule has 1 aliphatic rings. The topological polar surface area (TPSA) is 67.6 Å². The number of allylic oxidation sites excluding steroid dienone is 1. The highest BCUT2D eigenvalue weighted by molar-refractivity contribution is 5.59. The number of hydrogen-bond acceptors (Lipinski definition) is 4. The van der Waals surface area contributed by atoms with Crippen molar-refractivity contribution in [1.29, 1.82) is 0 Å². The van der Waals surface area contributed by atoms with Crippen molar-refractivity contribution in [2.24, 2.45) is 16.5 Å². The van der Waals surface area contributed by atoms with Crippen LogP contribution in [0.2, 0.25) is 0 Å². The molecule has 0 fully saturated rings. The molecule has 1 heterocycles. The highest BCUT2D eigenvalue weighted by atomic mass is 15.4. The zero-order valence-corrected chi connectivity index (χ0v) is 17.7. The lowest BCUT2D eigenvalue weighted by atomic mass is 9.92. The number of rotatable bonds is 15. The summed E-state index contributed by atoms with van der Waals surface area (Å²) in [4.78, 5) is 6.28. The van der Waals surface area contributed by atoms with E-state index in [4.69, 9.17) is 11.5 Å². The van der Waals surface area contributed by atoms with Crippen LogP contribution in [0.1, 0.15) is 104 Å². The quantitative estimate of drug-likeness (QED) is 0.234. The lowest BCUT2D eigenvalue weighted by Gasteiger charge is -2.37. The Hall–Kier alpha value is -0.870. The van der Waals surface area contributed by atoms with Crippen LogP contribution in [0.5, 0.6) is 0 Å². The summed E-state index contributed by atoms with van der Waals surface area (Å²) in [6, 6.07) is 0. The zero-order valence-electron chi connectivity index (χ0n) is 17.7. The first-order chi connectivity index (χ1) is 12.6. The van der Waals surface area contributed by atoms with Gasteiger partial charge in [-0.15, -0.1) is 0 Å². The number of aliphatic imine (C=N–C) groups is 1. The molecule has 0 atom stereocenters. The van der Waals surface area contributed by atoms with E-state index in [1.54, 1.807) is 0 Å². The summed E-state index contributed by atoms with van der Waals surface area (Å²) in [6.07, 6.45) is 18.7. The summed E-state index contributed by atoms with van der Waals surface area (Å²) in [7, 11) is 0. The van der Waals surface area contributed by atoms with Gasteiger partial charge in [-0.3, -0.25) is 16.5 Å². The molecule has 1 aliphatic heterocycles. The van der Waals surface area contributed by atoms with Crippen LogP contribution in [0.3, 0.4) is 0 Å². The highest BCUT2D eigenvalue weighted by Crippen LogP contribution is 2.27. The van der Waals surface area contributed by atoms with Gasteiger partial charge < -0.3 is 4.90 Å². The van der Waals surface area contributed by atoms with Crippen molar-refractivity contribution in [3.63, 3.8) is 0 Å². The van der Waals surface area contributed by atoms with Crippen molar-refractivity contribution in [2.75, 3.05) is 13.1 Å². The Labute approximate surface area is 162 Å². The molecule has 152 valence electrons. The number of nitrogens with two attached hydrogens (primary N) is 2. The van der Waals surface area contributed by atoms with Crippen molar-refractivity contribution in [2.45, 2.75) is 110 Å². The molecule has 0 aromatic carbocycles. The fourth-order valence-corrected chi connectivity index (χ4v) is 4.02. The third-order valence-electron chi connectivity index (χ3n) is 5.69. The maximum absolute atomic E-state index is 6.53. The second-order valence-electron chi connectivity index (χ2n) is 7.76. The lowest BCUT2D eigenvalue weighted by molar-refractivity contribution is 0.244. The van der Waals surface area contributed by atoms with Crippen LogP contribution in [-0.2, 0) is 0 Å². The van der Waals surface area contributed by atoms with Crippen LogP contribution >= 0.6 is 0 Å². The summed E-state index contributed by atoms with van der Waals surface area (Å²) in [5.41, 5.74) is 15.7. The first kappa shape index (κ1) is 23.2. The largest absolute Gasteiger partial charge is 0.327 e. The normalized spacial score (nSPS) is 15.7. The minimum absolute atomic E-state index is 0.799. The molecule has 1 rings (SSSR count). The van der Waals surface area contributed by atoms with E-state index in [9.17, 15) is 0 Å². The van der Waals surface area contributed by atoms with E-state index in [-0.39, 0.29) is 0 Å². The van der Waals surface area contributed by atoms with Gasteiger partial charge in [0, 0.05) is 6.54 Å². The van der Waals surface area contributed by atoms with Gasteiger partial charge in [-0.05, 0) is 31.3 Å². The maximum atomic E-state index is 6.53. The van der Waals surface area contributed by atoms with Crippen LogP contribution in [0.4, 0.5) is 0 Å². The van der Waals surface area contributed by atoms with E-state index in [0.29, 0.717) is 0 Å². The monoisotopic (exact) mass is 364 g/mol. The summed E-state index contributed by atoms with van der Waals surface area (Å²) in [5.74, 6) is -0.876. The number of hydrogen-bond donors (Lipinski definition) is 2. The Bertz CT molecular complexity index is 426. The van der Waals surface area contributed by atoms with Gasteiger partial charge in [0.15, 0.2) is 5.79 Å². The molecule has 0 radical (unpaired) electrons. The molecule has 0 saturated heterocycles. The van der Waals surface area contributed by atoms with E-state index in [0.717, 1.165) is 32.4 Å². The van der Waals surface area contributed by atoms with E-state index < -0.39 is 5.79 Å². The Morgan fingerprint density at radius 1 is 0.885 bits per heavy atom. The van der Waals surface area contributed by atoms with Gasteiger partial charge in [0.2, 0.25) is 0 Å². The van der Waals surface area contributed by atoms with E-state index >= 15 is 0 Å². The van der Waals surface area contributed by atoms with Gasteiger partial charge in [0.05, 0.1) is 12.9 Å². The van der Waals surface area contributed by atoms with Crippen LogP contribution in [0.15, 0.2) is 16.1 Å². The predicted octanol–water partition coefficient (Wildman–Crippen LogP) is 5.33. The van der Waals surface area contributed by atoms with Crippen molar-refractivity contribution in [3.8, 4) is 0 Å². The summed E-state index contributed by atoms with van der Waals surface area (Å²) < 4.78 is 0. The smallest absolute Gasteiger partial charge is 0.165 e. The van der Waals surface area contributed by atoms with Crippen LogP contribution in [0.25, 0.3) is 0 Å². The summed E-state index contributed by atoms with van der Waals surface area (Å²) >= 11 is 0. The molecule has 0 aromatic heterocycles. The molecular weight excluding hydrogens is 320 g/mol. The molecule has 26 heavy (non-hydrogen) atoms. The van der Waals surface area contributed by atoms with Crippen molar-refractivity contribution >= 4 is 6.34 Å². The Morgan fingerprint density at radius 2 is 1.46 bits per heavy atom. The lowest BCUT2D eigenvalue weighted by Crippen LogP contribution is -2.63. The molecule has 0 amide bonds. The predicted molar refractivity (Wildman–Crippen MR) is 115 cm³/mol. The van der Waals surface area contributed by atoms with E-state index in [1.165, 1.54) is 75.4 Å². The molecule has 4 heteroatoms. The number of nitrogens with zero attached hydrogens (tertiary/aromatic N) is 2. The minimum atomic E-state index is -0.876. The van der Waals surface area contributed by atoms with Crippen molar-refractivity contribution in [3.05, 3.63) is 11.1 Å². The molecule has 0 aliphatic carbocycles. The molecule has 4 N–H and O–H groups in total. The zero-order chi connectivity index (χ0) is 19.3. The Balaban J connectivity index is 2.35. The average Bonchev–Trinajstić information content (AvgIpc) is 3.17. The van der Waals surface area contributed by atoms with E-state index in [2.05, 4.69) is 25.8 Å². The first-order valence-corrected chi connectivity index (χ1v) is 11.1. The molecule has 0 spiro atoms. The molecule has 0 aromatic rings. The van der Waals surface area contributed by atoms with Crippen LogP contribution in [-0.4, -0.2) is 30.1 Å². The summed E-state index contributed by atoms with van der Waals surface area (Å²) in [6.45, 7) is 8.31. The SMILES string of the molecule is CCCCCCCCCCCCC(CC)=C(CC)C(N)(N)N1C=NCC1. The highest BCUT2D eigenvalue weighted by Gasteiger charge is 2.32. The van der Waals surface area contributed by atoms with Gasteiger partial charge >= 0.3 is 0 Å². The van der Waals surface area contributed by atoms with Crippen LogP contribution in [0, 0.1) is 0 Å². The van der Waals surface area contributed by atoms with Gasteiger partial charge in [-0.1, -0.05) is 84.1 Å². The Kier molecular flexibility index (Phi) is 11.9. The molecule has 0 unspecified atom stereocenters. The third-order valence-corrected chi connectivity index (χ3v) is 5.69. The first-order valence-electron chi connectivity index (χ1n) is 11.1. The fraction of sp³-hybridized carbons (Fsp3) is 0.864. The second-order valence-corrected chi connectivity index (χ2v) is 7.76. The minimum Gasteiger partial charge on any atom is -0.327 e. The second kappa shape index (κ2) is 13.3. The molecule has 0 saturated carbocycles. The van der Waals surface area contributed by atoms with E-state index in [1.807, 2.05) is 11.2 Å². The van der Waals surface area contributed by atoms with Gasteiger partial charge in [0.25, 0.3) is 0 Å². The molecular formula is C22H44N4. The third kappa shape index (κ3) is 7.79. The summed E-state index contributed by atoms with van der Waals surface area (Å²) in [5, 5.41) is 0. The maximum Gasteiger partial charge on any atom is 0.165 e. The molecule has 0 bridgehead atoms. The standard InChI is InChI=1S/C22H44N4/c1-4-7-8-9-10-11-12-13-14-15-16-20(5-2)21(6-3)22(23,24)26-18-17-25-19-26/h19H,4-18,23-24H2,1-3H3. The van der Waals surface area contributed by atoms with Crippen molar-refractivity contribution in [1.82, 2.24) is 4.90 Å². The van der Waals surface area contributed by atoms with Crippen molar-refractivity contribution < 1.29 is 0 Å². The molecule has 4 nitrogen and oxygen atoms in total. The van der Waals surface area contributed by atoms with Gasteiger partial charge in [0.1, 0.15) is 0 Å². The van der Waals surface area contributed by atoms with Gasteiger partial charge in [-0.2, -0.15) is 0 Å². The fourth-order valence-electron chi connectivity index (χ4n) is 4.02. The van der Waals surface area contributed by atoms with Gasteiger partial charge in [-0.25, -0.2) is 0 Å². The number of unbranched alkanes of at least 4 members (excludes halogenated alkanes) is 9. The Morgan fingerprint density at radius 3 is 1.92 bits per heavy atom.